The van der Waals surface area contributed by atoms with Crippen molar-refractivity contribution in [2.75, 3.05) is 17.6 Å². The van der Waals surface area contributed by atoms with Crippen LogP contribution in [0.2, 0.25) is 0 Å². The van der Waals surface area contributed by atoms with E-state index in [4.69, 9.17) is 0 Å². The minimum atomic E-state index is -0.264. The molecule has 0 unspecified atom stereocenters. The van der Waals surface area contributed by atoms with Gasteiger partial charge in [-0.3, -0.25) is 4.79 Å². The molecule has 0 aromatic heterocycles. The molecule has 1 N–H and O–H groups in total. The molecule has 94 valence electrons. The van der Waals surface area contributed by atoms with Crippen LogP contribution in [0.1, 0.15) is 12.0 Å². The van der Waals surface area contributed by atoms with Crippen molar-refractivity contribution in [2.45, 2.75) is 17.8 Å². The Morgan fingerprint density at radius 2 is 2.33 bits per heavy atom. The van der Waals surface area contributed by atoms with Gasteiger partial charge in [0.15, 0.2) is 4.99 Å². The summed E-state index contributed by atoms with van der Waals surface area (Å²) in [5.41, 5.74) is 2.49. The number of hydrogen-bond acceptors (Lipinski definition) is 3. The van der Waals surface area contributed by atoms with E-state index in [1.165, 1.54) is 5.56 Å². The summed E-state index contributed by atoms with van der Waals surface area (Å²) in [6, 6.07) is 8.33. The molecule has 2 aliphatic heterocycles. The largest absolute Gasteiger partial charge is 0.354 e. The Balaban J connectivity index is 1.93. The Morgan fingerprint density at radius 3 is 3.17 bits per heavy atom. The number of fused-ring (bicyclic) bond motifs is 1. The van der Waals surface area contributed by atoms with Crippen molar-refractivity contribution in [1.82, 2.24) is 4.90 Å². The summed E-state index contributed by atoms with van der Waals surface area (Å²) in [6.07, 6.45) is 3.76. The summed E-state index contributed by atoms with van der Waals surface area (Å²) >= 11 is 1.70. The fourth-order valence-corrected chi connectivity index (χ4v) is 3.94. The number of amides is 1. The van der Waals surface area contributed by atoms with Crippen LogP contribution in [0.4, 0.5) is 5.69 Å². The Morgan fingerprint density at radius 1 is 1.50 bits per heavy atom. The lowest BCUT2D eigenvalue weighted by Crippen LogP contribution is -2.52. The van der Waals surface area contributed by atoms with Crippen LogP contribution in [0.3, 0.4) is 0 Å². The van der Waals surface area contributed by atoms with Crippen LogP contribution >= 0.6 is 11.8 Å². The zero-order valence-corrected chi connectivity index (χ0v) is 11.0. The van der Waals surface area contributed by atoms with Crippen molar-refractivity contribution in [1.29, 1.82) is 0 Å². The number of para-hydroxylation sites is 1. The van der Waals surface area contributed by atoms with Crippen molar-refractivity contribution >= 4 is 23.4 Å². The van der Waals surface area contributed by atoms with Gasteiger partial charge in [0.1, 0.15) is 0 Å². The van der Waals surface area contributed by atoms with E-state index in [1.807, 2.05) is 11.0 Å². The summed E-state index contributed by atoms with van der Waals surface area (Å²) in [7, 11) is 0. The molecular weight excluding hydrogens is 244 g/mol. The molecular formula is C14H16N2OS. The first kappa shape index (κ1) is 11.7. The highest BCUT2D eigenvalue weighted by atomic mass is 32.2. The maximum Gasteiger partial charge on any atom is 0.235 e. The monoisotopic (exact) mass is 260 g/mol. The van der Waals surface area contributed by atoms with Gasteiger partial charge in [-0.1, -0.05) is 24.3 Å². The number of carbonyl (C=O) groups excluding carboxylic acids is 1. The zero-order valence-electron chi connectivity index (χ0n) is 10.2. The van der Waals surface area contributed by atoms with Crippen LogP contribution in [0.5, 0.6) is 0 Å². The summed E-state index contributed by atoms with van der Waals surface area (Å²) in [4.78, 5) is 13.6. The number of benzene rings is 1. The molecule has 1 fully saturated rings. The Labute approximate surface area is 111 Å². The van der Waals surface area contributed by atoms with Crippen molar-refractivity contribution in [3.05, 3.63) is 42.5 Å². The first-order valence-electron chi connectivity index (χ1n) is 6.16. The number of carbonyl (C=O) groups is 1. The lowest BCUT2D eigenvalue weighted by molar-refractivity contribution is -0.129. The third kappa shape index (κ3) is 1.72. The lowest BCUT2D eigenvalue weighted by atomic mass is 10.0. The van der Waals surface area contributed by atoms with Crippen LogP contribution in [0, 0.1) is 0 Å². The molecule has 0 aliphatic carbocycles. The molecule has 4 heteroatoms. The van der Waals surface area contributed by atoms with Gasteiger partial charge < -0.3 is 10.2 Å². The second-order valence-electron chi connectivity index (χ2n) is 4.65. The second kappa shape index (κ2) is 4.35. The average molecular weight is 260 g/mol. The molecule has 1 spiro atoms. The molecule has 18 heavy (non-hydrogen) atoms. The molecule has 1 saturated heterocycles. The number of thioether (sulfide) groups is 1. The molecule has 0 radical (unpaired) electrons. The topological polar surface area (TPSA) is 32.3 Å². The number of anilines is 1. The number of nitrogens with one attached hydrogen (secondary N) is 1. The van der Waals surface area contributed by atoms with E-state index in [2.05, 4.69) is 30.1 Å². The fourth-order valence-electron chi connectivity index (χ4n) is 2.66. The summed E-state index contributed by atoms with van der Waals surface area (Å²) in [5.74, 6) is 0.759. The minimum Gasteiger partial charge on any atom is -0.354 e. The number of hydrogen-bond donors (Lipinski definition) is 1. The average Bonchev–Trinajstić information content (AvgIpc) is 2.69. The van der Waals surface area contributed by atoms with E-state index in [9.17, 15) is 4.79 Å². The maximum atomic E-state index is 12.0. The maximum absolute atomic E-state index is 12.0. The SMILES string of the molecule is C=CCN1C(=O)CS[C@]12CCc1ccccc1N2. The first-order valence-corrected chi connectivity index (χ1v) is 7.15. The van der Waals surface area contributed by atoms with Crippen molar-refractivity contribution < 1.29 is 4.79 Å². The molecule has 1 aromatic carbocycles. The molecule has 1 atom stereocenters. The molecule has 1 amide bonds. The van der Waals surface area contributed by atoms with E-state index in [0.29, 0.717) is 12.3 Å². The van der Waals surface area contributed by atoms with E-state index in [0.717, 1.165) is 18.5 Å². The number of rotatable bonds is 2. The molecule has 3 nitrogen and oxygen atoms in total. The number of aryl methyl sites for hydroxylation is 1. The number of nitrogens with zero attached hydrogens (tertiary/aromatic N) is 1. The van der Waals surface area contributed by atoms with E-state index < -0.39 is 0 Å². The van der Waals surface area contributed by atoms with Gasteiger partial charge in [-0.15, -0.1) is 18.3 Å². The lowest BCUT2D eigenvalue weighted by Gasteiger charge is -2.42. The normalized spacial score (nSPS) is 26.0. The highest BCUT2D eigenvalue weighted by Crippen LogP contribution is 2.44. The Hall–Kier alpha value is -1.42. The van der Waals surface area contributed by atoms with Gasteiger partial charge >= 0.3 is 0 Å². The Bertz CT molecular complexity index is 502. The predicted octanol–water partition coefficient (Wildman–Crippen LogP) is 2.46. The predicted molar refractivity (Wildman–Crippen MR) is 75.5 cm³/mol. The Kier molecular flexibility index (Phi) is 2.82. The second-order valence-corrected chi connectivity index (χ2v) is 5.90. The summed E-state index contributed by atoms with van der Waals surface area (Å²) < 4.78 is 0. The third-order valence-corrected chi connectivity index (χ3v) is 4.96. The molecule has 2 aliphatic rings. The van der Waals surface area contributed by atoms with Gasteiger partial charge in [0.05, 0.1) is 5.75 Å². The van der Waals surface area contributed by atoms with Gasteiger partial charge in [0, 0.05) is 18.7 Å². The highest BCUT2D eigenvalue weighted by molar-refractivity contribution is 8.01. The smallest absolute Gasteiger partial charge is 0.235 e. The standard InChI is InChI=1S/C14H16N2OS/c1-2-9-16-13(17)10-18-14(16)8-7-11-5-3-4-6-12(11)15-14/h2-6,15H,1,7-10H2/t14-/m0/s1. The fraction of sp³-hybridized carbons (Fsp3) is 0.357. The molecule has 0 saturated carbocycles. The van der Waals surface area contributed by atoms with Crippen LogP contribution in [0.25, 0.3) is 0 Å². The first-order chi connectivity index (χ1) is 8.75. The van der Waals surface area contributed by atoms with Gasteiger partial charge in [-0.25, -0.2) is 0 Å². The van der Waals surface area contributed by atoms with E-state index in [1.54, 1.807) is 17.8 Å². The quantitative estimate of drug-likeness (QED) is 0.829. The van der Waals surface area contributed by atoms with Crippen LogP contribution in [-0.4, -0.2) is 28.1 Å². The molecule has 2 heterocycles. The van der Waals surface area contributed by atoms with Crippen molar-refractivity contribution in [3.63, 3.8) is 0 Å². The van der Waals surface area contributed by atoms with E-state index >= 15 is 0 Å². The molecule has 3 rings (SSSR count). The zero-order chi connectivity index (χ0) is 12.6. The molecule has 1 aromatic rings. The summed E-state index contributed by atoms with van der Waals surface area (Å²) in [6.45, 7) is 4.36. The van der Waals surface area contributed by atoms with Gasteiger partial charge in [-0.05, 0) is 18.1 Å². The van der Waals surface area contributed by atoms with Crippen LogP contribution in [0.15, 0.2) is 36.9 Å². The minimum absolute atomic E-state index is 0.201. The van der Waals surface area contributed by atoms with Gasteiger partial charge in [0.2, 0.25) is 5.91 Å². The van der Waals surface area contributed by atoms with Crippen LogP contribution < -0.4 is 5.32 Å². The highest BCUT2D eigenvalue weighted by Gasteiger charge is 2.47. The van der Waals surface area contributed by atoms with Gasteiger partial charge in [0.25, 0.3) is 0 Å². The van der Waals surface area contributed by atoms with Gasteiger partial charge in [-0.2, -0.15) is 0 Å². The molecule has 0 bridgehead atoms. The van der Waals surface area contributed by atoms with Crippen LogP contribution in [-0.2, 0) is 11.2 Å². The third-order valence-electron chi connectivity index (χ3n) is 3.56. The van der Waals surface area contributed by atoms with Crippen molar-refractivity contribution in [3.8, 4) is 0 Å². The summed E-state index contributed by atoms with van der Waals surface area (Å²) in [5, 5.41) is 3.56. The van der Waals surface area contributed by atoms with Crippen molar-refractivity contribution in [2.24, 2.45) is 0 Å². The van der Waals surface area contributed by atoms with E-state index in [-0.39, 0.29) is 10.9 Å².